The third kappa shape index (κ3) is 3.50. The van der Waals surface area contributed by atoms with Gasteiger partial charge >= 0.3 is 0 Å². The maximum absolute atomic E-state index is 13.3. The predicted molar refractivity (Wildman–Crippen MR) is 91.2 cm³/mol. The van der Waals surface area contributed by atoms with Crippen LogP contribution < -0.4 is 10.2 Å². The lowest BCUT2D eigenvalue weighted by atomic mass is 9.95. The highest BCUT2D eigenvalue weighted by molar-refractivity contribution is 5.74. The largest absolute Gasteiger partial charge is 0.366 e. The monoisotopic (exact) mass is 314 g/mol. The normalized spacial score (nSPS) is 15.7. The summed E-state index contributed by atoms with van der Waals surface area (Å²) in [5.41, 5.74) is 2.70. The molecule has 0 saturated carbocycles. The summed E-state index contributed by atoms with van der Waals surface area (Å²) in [6.45, 7) is 10.0. The SMILES string of the molecule is CC(C)(C)c1ncc(N2CCNCC2)c(-c2ccc(F)cc2)n1. The van der Waals surface area contributed by atoms with Crippen molar-refractivity contribution in [2.24, 2.45) is 0 Å². The standard InChI is InChI=1S/C18H23FN4/c1-18(2,3)17-21-12-15(23-10-8-20-9-11-23)16(22-17)13-4-6-14(19)7-5-13/h4-7,12,20H,8-11H2,1-3H3. The summed E-state index contributed by atoms with van der Waals surface area (Å²) in [6.07, 6.45) is 1.91. The number of halogens is 1. The number of hydrogen-bond donors (Lipinski definition) is 1. The Bertz CT molecular complexity index is 670. The Morgan fingerprint density at radius 1 is 1.09 bits per heavy atom. The molecule has 0 unspecified atom stereocenters. The summed E-state index contributed by atoms with van der Waals surface area (Å²) in [6, 6.07) is 6.54. The Hall–Kier alpha value is -2.01. The molecule has 0 amide bonds. The van der Waals surface area contributed by atoms with Gasteiger partial charge in [0.1, 0.15) is 11.6 Å². The second-order valence-electron chi connectivity index (χ2n) is 6.92. The van der Waals surface area contributed by atoms with Gasteiger partial charge in [0.15, 0.2) is 0 Å². The van der Waals surface area contributed by atoms with Crippen molar-refractivity contribution < 1.29 is 4.39 Å². The molecular formula is C18H23FN4. The molecular weight excluding hydrogens is 291 g/mol. The molecule has 1 saturated heterocycles. The molecule has 1 aliphatic heterocycles. The van der Waals surface area contributed by atoms with E-state index in [4.69, 9.17) is 4.98 Å². The number of piperazine rings is 1. The first-order valence-electron chi connectivity index (χ1n) is 8.04. The Kier molecular flexibility index (Phi) is 4.31. The summed E-state index contributed by atoms with van der Waals surface area (Å²) in [5.74, 6) is 0.568. The van der Waals surface area contributed by atoms with Gasteiger partial charge in [0.2, 0.25) is 0 Å². The second kappa shape index (κ2) is 6.24. The van der Waals surface area contributed by atoms with Gasteiger partial charge in [-0.2, -0.15) is 0 Å². The van der Waals surface area contributed by atoms with Gasteiger partial charge in [-0.3, -0.25) is 0 Å². The first kappa shape index (κ1) is 15.9. The maximum atomic E-state index is 13.3. The van der Waals surface area contributed by atoms with Crippen LogP contribution in [0.15, 0.2) is 30.5 Å². The number of benzene rings is 1. The first-order chi connectivity index (χ1) is 10.9. The van der Waals surface area contributed by atoms with Crippen LogP contribution in [-0.2, 0) is 5.41 Å². The molecule has 4 nitrogen and oxygen atoms in total. The Morgan fingerprint density at radius 3 is 2.35 bits per heavy atom. The molecule has 3 rings (SSSR count). The molecule has 1 aliphatic rings. The zero-order valence-electron chi connectivity index (χ0n) is 13.9. The zero-order valence-corrected chi connectivity index (χ0v) is 13.9. The molecule has 2 aromatic rings. The van der Waals surface area contributed by atoms with E-state index in [-0.39, 0.29) is 11.2 Å². The van der Waals surface area contributed by atoms with Gasteiger partial charge in [0.05, 0.1) is 17.6 Å². The fraction of sp³-hybridized carbons (Fsp3) is 0.444. The molecule has 23 heavy (non-hydrogen) atoms. The highest BCUT2D eigenvalue weighted by Gasteiger charge is 2.22. The number of nitrogens with one attached hydrogen (secondary N) is 1. The van der Waals surface area contributed by atoms with Gasteiger partial charge in [-0.15, -0.1) is 0 Å². The average Bonchev–Trinajstić information content (AvgIpc) is 2.55. The minimum Gasteiger partial charge on any atom is -0.366 e. The van der Waals surface area contributed by atoms with Crippen LogP contribution in [0.2, 0.25) is 0 Å². The maximum Gasteiger partial charge on any atom is 0.134 e. The lowest BCUT2D eigenvalue weighted by molar-refractivity contribution is 0.543. The molecule has 1 aromatic carbocycles. The number of anilines is 1. The molecule has 1 fully saturated rings. The van der Waals surface area contributed by atoms with Crippen molar-refractivity contribution in [2.75, 3.05) is 31.1 Å². The van der Waals surface area contributed by atoms with Gasteiger partial charge in [0, 0.05) is 37.2 Å². The summed E-state index contributed by atoms with van der Waals surface area (Å²) in [7, 11) is 0. The third-order valence-corrected chi connectivity index (χ3v) is 4.02. The molecule has 0 aliphatic carbocycles. The van der Waals surface area contributed by atoms with Crippen LogP contribution in [0.3, 0.4) is 0 Å². The van der Waals surface area contributed by atoms with E-state index in [9.17, 15) is 4.39 Å². The minimum absolute atomic E-state index is 0.128. The minimum atomic E-state index is -0.234. The van der Waals surface area contributed by atoms with E-state index in [0.29, 0.717) is 0 Å². The third-order valence-electron chi connectivity index (χ3n) is 4.02. The summed E-state index contributed by atoms with van der Waals surface area (Å²) in [4.78, 5) is 11.7. The van der Waals surface area contributed by atoms with Gasteiger partial charge in [-0.1, -0.05) is 20.8 Å². The van der Waals surface area contributed by atoms with E-state index in [2.05, 4.69) is 36.0 Å². The summed E-state index contributed by atoms with van der Waals surface area (Å²) >= 11 is 0. The Labute approximate surface area is 136 Å². The van der Waals surface area contributed by atoms with Crippen molar-refractivity contribution in [2.45, 2.75) is 26.2 Å². The molecule has 0 atom stereocenters. The van der Waals surface area contributed by atoms with E-state index in [0.717, 1.165) is 48.9 Å². The summed E-state index contributed by atoms with van der Waals surface area (Å²) in [5, 5.41) is 3.35. The van der Waals surface area contributed by atoms with Crippen LogP contribution in [-0.4, -0.2) is 36.1 Å². The van der Waals surface area contributed by atoms with Crippen molar-refractivity contribution in [3.63, 3.8) is 0 Å². The van der Waals surface area contributed by atoms with Crippen LogP contribution in [0, 0.1) is 5.82 Å². The van der Waals surface area contributed by atoms with Crippen molar-refractivity contribution in [1.29, 1.82) is 0 Å². The van der Waals surface area contributed by atoms with Crippen LogP contribution >= 0.6 is 0 Å². The molecule has 1 N–H and O–H groups in total. The molecule has 1 aromatic heterocycles. The smallest absolute Gasteiger partial charge is 0.134 e. The van der Waals surface area contributed by atoms with Gasteiger partial charge < -0.3 is 10.2 Å². The number of aromatic nitrogens is 2. The van der Waals surface area contributed by atoms with Gasteiger partial charge in [-0.05, 0) is 24.3 Å². The van der Waals surface area contributed by atoms with E-state index in [1.54, 1.807) is 12.1 Å². The van der Waals surface area contributed by atoms with Gasteiger partial charge in [0.25, 0.3) is 0 Å². The van der Waals surface area contributed by atoms with Crippen molar-refractivity contribution in [3.05, 3.63) is 42.1 Å². The number of nitrogens with zero attached hydrogens (tertiary/aromatic N) is 3. The lowest BCUT2D eigenvalue weighted by Crippen LogP contribution is -2.44. The zero-order chi connectivity index (χ0) is 16.4. The fourth-order valence-corrected chi connectivity index (χ4v) is 2.69. The van der Waals surface area contributed by atoms with E-state index in [1.165, 1.54) is 12.1 Å². The van der Waals surface area contributed by atoms with Crippen LogP contribution in [0.5, 0.6) is 0 Å². The second-order valence-corrected chi connectivity index (χ2v) is 6.92. The fourth-order valence-electron chi connectivity index (χ4n) is 2.69. The molecule has 5 heteroatoms. The van der Waals surface area contributed by atoms with Crippen molar-refractivity contribution >= 4 is 5.69 Å². The van der Waals surface area contributed by atoms with Crippen LogP contribution in [0.1, 0.15) is 26.6 Å². The first-order valence-corrected chi connectivity index (χ1v) is 8.04. The molecule has 0 radical (unpaired) electrons. The quantitative estimate of drug-likeness (QED) is 0.925. The van der Waals surface area contributed by atoms with E-state index < -0.39 is 0 Å². The predicted octanol–water partition coefficient (Wildman–Crippen LogP) is 2.99. The topological polar surface area (TPSA) is 41.1 Å². The van der Waals surface area contributed by atoms with E-state index in [1.807, 2.05) is 6.20 Å². The van der Waals surface area contributed by atoms with E-state index >= 15 is 0 Å². The highest BCUT2D eigenvalue weighted by atomic mass is 19.1. The van der Waals surface area contributed by atoms with Crippen molar-refractivity contribution in [3.8, 4) is 11.3 Å². The van der Waals surface area contributed by atoms with Crippen molar-refractivity contribution in [1.82, 2.24) is 15.3 Å². The number of hydrogen-bond acceptors (Lipinski definition) is 4. The van der Waals surface area contributed by atoms with Crippen LogP contribution in [0.4, 0.5) is 10.1 Å². The summed E-state index contributed by atoms with van der Waals surface area (Å²) < 4.78 is 13.3. The average molecular weight is 314 g/mol. The van der Waals surface area contributed by atoms with Gasteiger partial charge in [-0.25, -0.2) is 14.4 Å². The molecule has 122 valence electrons. The lowest BCUT2D eigenvalue weighted by Gasteiger charge is -2.31. The molecule has 2 heterocycles. The number of rotatable bonds is 2. The molecule has 0 bridgehead atoms. The Balaban J connectivity index is 2.09. The molecule has 0 spiro atoms. The Morgan fingerprint density at radius 2 is 1.74 bits per heavy atom. The van der Waals surface area contributed by atoms with Crippen LogP contribution in [0.25, 0.3) is 11.3 Å². The highest BCUT2D eigenvalue weighted by Crippen LogP contribution is 2.31.